The Kier molecular flexibility index (Phi) is 6.11. The number of carboxylic acids is 1. The highest BCUT2D eigenvalue weighted by Gasteiger charge is 2.20. The van der Waals surface area contributed by atoms with E-state index in [1.165, 1.54) is 6.92 Å². The first kappa shape index (κ1) is 13.1. The molecule has 1 amide bonds. The Balaban J connectivity index is 3.93. The molecule has 0 aromatic heterocycles. The largest absolute Gasteiger partial charge is 0.480 e. The van der Waals surface area contributed by atoms with Crippen LogP contribution < -0.4 is 5.32 Å². The van der Waals surface area contributed by atoms with Gasteiger partial charge >= 0.3 is 5.97 Å². The van der Waals surface area contributed by atoms with Crippen LogP contribution in [0.25, 0.3) is 0 Å². The molecule has 0 saturated heterocycles. The lowest BCUT2D eigenvalue weighted by molar-refractivity contribution is -0.136. The monoisotopic (exact) mass is 221 g/mol. The second-order valence-electron chi connectivity index (χ2n) is 2.86. The van der Waals surface area contributed by atoms with Gasteiger partial charge in [-0.2, -0.15) is 0 Å². The molecule has 0 heterocycles. The fourth-order valence-corrected chi connectivity index (χ4v) is 1.52. The average molecular weight is 221 g/mol. The van der Waals surface area contributed by atoms with Crippen LogP contribution in [-0.2, 0) is 20.4 Å². The predicted octanol–water partition coefficient (Wildman–Crippen LogP) is -0.266. The number of rotatable bonds is 6. The summed E-state index contributed by atoms with van der Waals surface area (Å²) in [5.41, 5.74) is 0. The number of hydrogen-bond donors (Lipinski definition) is 2. The van der Waals surface area contributed by atoms with Crippen molar-refractivity contribution in [2.24, 2.45) is 0 Å². The number of hydrogen-bond acceptors (Lipinski definition) is 3. The topological polar surface area (TPSA) is 83.5 Å². The number of carbonyl (C=O) groups excluding carboxylic acids is 1. The average Bonchev–Trinajstić information content (AvgIpc) is 2.13. The van der Waals surface area contributed by atoms with Gasteiger partial charge in [0.1, 0.15) is 11.0 Å². The van der Waals surface area contributed by atoms with Gasteiger partial charge in [0.25, 0.3) is 0 Å². The molecule has 14 heavy (non-hydrogen) atoms. The van der Waals surface area contributed by atoms with Crippen LogP contribution >= 0.6 is 0 Å². The van der Waals surface area contributed by atoms with Gasteiger partial charge in [0.2, 0.25) is 5.91 Å². The number of carboxylic acid groups (broad SMARTS) is 1. The number of amides is 1. The van der Waals surface area contributed by atoms with Crippen LogP contribution in [0, 0.1) is 0 Å². The standard InChI is InChI=1S/C8H15NO4S/c1-3-4-9-7(10)5-14(13)6(2)8(11)12/h6H,3-5H2,1-2H3,(H,9,10)(H,11,12). The van der Waals surface area contributed by atoms with Crippen LogP contribution in [-0.4, -0.2) is 38.7 Å². The third-order valence-corrected chi connectivity index (χ3v) is 3.12. The van der Waals surface area contributed by atoms with E-state index in [0.717, 1.165) is 6.42 Å². The molecule has 0 aliphatic rings. The Bertz CT molecular complexity index is 241. The molecule has 2 atom stereocenters. The molecule has 82 valence electrons. The zero-order valence-corrected chi connectivity index (χ0v) is 9.10. The van der Waals surface area contributed by atoms with Crippen LogP contribution in [0.1, 0.15) is 20.3 Å². The molecule has 0 saturated carbocycles. The van der Waals surface area contributed by atoms with Gasteiger partial charge in [-0.05, 0) is 13.3 Å². The van der Waals surface area contributed by atoms with Crippen molar-refractivity contribution in [3.05, 3.63) is 0 Å². The molecule has 0 aromatic carbocycles. The molecule has 2 N–H and O–H groups in total. The van der Waals surface area contributed by atoms with Crippen molar-refractivity contribution in [3.8, 4) is 0 Å². The predicted molar refractivity (Wildman–Crippen MR) is 53.4 cm³/mol. The van der Waals surface area contributed by atoms with E-state index in [1.807, 2.05) is 6.92 Å². The minimum Gasteiger partial charge on any atom is -0.480 e. The maximum absolute atomic E-state index is 11.2. The molecule has 0 aromatic rings. The summed E-state index contributed by atoms with van der Waals surface area (Å²) in [7, 11) is -1.64. The lowest BCUT2D eigenvalue weighted by Crippen LogP contribution is -2.33. The lowest BCUT2D eigenvalue weighted by Gasteiger charge is -2.06. The Morgan fingerprint density at radius 3 is 2.50 bits per heavy atom. The van der Waals surface area contributed by atoms with E-state index in [9.17, 15) is 13.8 Å². The van der Waals surface area contributed by atoms with E-state index in [4.69, 9.17) is 5.11 Å². The van der Waals surface area contributed by atoms with Gasteiger partial charge in [0, 0.05) is 17.3 Å². The van der Waals surface area contributed by atoms with Gasteiger partial charge in [-0.1, -0.05) is 6.92 Å². The summed E-state index contributed by atoms with van der Waals surface area (Å²) in [4.78, 5) is 21.5. The number of aliphatic carboxylic acids is 1. The molecular weight excluding hydrogens is 206 g/mol. The van der Waals surface area contributed by atoms with Gasteiger partial charge in [0.15, 0.2) is 0 Å². The molecule has 5 nitrogen and oxygen atoms in total. The van der Waals surface area contributed by atoms with Crippen molar-refractivity contribution in [1.29, 1.82) is 0 Å². The first-order chi connectivity index (χ1) is 6.49. The Morgan fingerprint density at radius 2 is 2.07 bits per heavy atom. The molecular formula is C8H15NO4S. The molecule has 0 spiro atoms. The number of nitrogens with one attached hydrogen (secondary N) is 1. The van der Waals surface area contributed by atoms with E-state index in [1.54, 1.807) is 0 Å². The lowest BCUT2D eigenvalue weighted by atomic mass is 10.5. The normalized spacial score (nSPS) is 14.4. The third-order valence-electron chi connectivity index (χ3n) is 1.59. The van der Waals surface area contributed by atoms with Crippen LogP contribution in [0.4, 0.5) is 0 Å². The first-order valence-electron chi connectivity index (χ1n) is 4.35. The van der Waals surface area contributed by atoms with Gasteiger partial charge in [-0.3, -0.25) is 13.8 Å². The second kappa shape index (κ2) is 6.53. The fraction of sp³-hybridized carbons (Fsp3) is 0.750. The summed E-state index contributed by atoms with van der Waals surface area (Å²) in [5, 5.41) is 10.1. The second-order valence-corrected chi connectivity index (χ2v) is 4.61. The van der Waals surface area contributed by atoms with Gasteiger partial charge in [0.05, 0.1) is 0 Å². The molecule has 0 rings (SSSR count). The van der Waals surface area contributed by atoms with Crippen LogP contribution in [0.2, 0.25) is 0 Å². The minimum atomic E-state index is -1.64. The van der Waals surface area contributed by atoms with Crippen molar-refractivity contribution in [2.45, 2.75) is 25.5 Å². The molecule has 0 fully saturated rings. The van der Waals surface area contributed by atoms with Crippen molar-refractivity contribution in [2.75, 3.05) is 12.3 Å². The minimum absolute atomic E-state index is 0.243. The van der Waals surface area contributed by atoms with E-state index in [0.29, 0.717) is 6.54 Å². The van der Waals surface area contributed by atoms with E-state index in [-0.39, 0.29) is 11.7 Å². The molecule has 0 bridgehead atoms. The van der Waals surface area contributed by atoms with Crippen LogP contribution in [0.5, 0.6) is 0 Å². The molecule has 6 heteroatoms. The smallest absolute Gasteiger partial charge is 0.318 e. The van der Waals surface area contributed by atoms with Crippen LogP contribution in [0.15, 0.2) is 0 Å². The Labute approximate surface area is 85.3 Å². The quantitative estimate of drug-likeness (QED) is 0.647. The molecule has 0 aliphatic heterocycles. The van der Waals surface area contributed by atoms with Gasteiger partial charge < -0.3 is 10.4 Å². The van der Waals surface area contributed by atoms with Crippen molar-refractivity contribution < 1.29 is 18.9 Å². The SMILES string of the molecule is CCCNC(=O)CS(=O)C(C)C(=O)O. The van der Waals surface area contributed by atoms with Gasteiger partial charge in [-0.15, -0.1) is 0 Å². The Morgan fingerprint density at radius 1 is 1.50 bits per heavy atom. The summed E-state index contributed by atoms with van der Waals surface area (Å²) >= 11 is 0. The van der Waals surface area contributed by atoms with Crippen LogP contribution in [0.3, 0.4) is 0 Å². The van der Waals surface area contributed by atoms with E-state index in [2.05, 4.69) is 5.32 Å². The van der Waals surface area contributed by atoms with Crippen molar-refractivity contribution in [1.82, 2.24) is 5.32 Å². The molecule has 0 radical (unpaired) electrons. The third kappa shape index (κ3) is 4.96. The fourth-order valence-electron chi connectivity index (χ4n) is 0.682. The zero-order valence-electron chi connectivity index (χ0n) is 8.28. The summed E-state index contributed by atoms with van der Waals surface area (Å²) in [6.45, 7) is 3.75. The van der Waals surface area contributed by atoms with Crippen molar-refractivity contribution in [3.63, 3.8) is 0 Å². The molecule has 2 unspecified atom stereocenters. The summed E-state index contributed by atoms with van der Waals surface area (Å²) in [5.74, 6) is -1.75. The highest BCUT2D eigenvalue weighted by Crippen LogP contribution is 1.95. The van der Waals surface area contributed by atoms with Crippen molar-refractivity contribution >= 4 is 22.7 Å². The first-order valence-corrected chi connectivity index (χ1v) is 5.74. The maximum atomic E-state index is 11.2. The summed E-state index contributed by atoms with van der Waals surface area (Å²) in [6, 6.07) is 0. The maximum Gasteiger partial charge on any atom is 0.318 e. The van der Waals surface area contributed by atoms with Gasteiger partial charge in [-0.25, -0.2) is 0 Å². The number of carbonyl (C=O) groups is 2. The highest BCUT2D eigenvalue weighted by atomic mass is 32.2. The van der Waals surface area contributed by atoms with E-state index < -0.39 is 22.0 Å². The highest BCUT2D eigenvalue weighted by molar-refractivity contribution is 7.87. The molecule has 0 aliphatic carbocycles. The zero-order chi connectivity index (χ0) is 11.1. The summed E-state index contributed by atoms with van der Waals surface area (Å²) in [6.07, 6.45) is 0.798. The Hall–Kier alpha value is -0.910. The summed E-state index contributed by atoms with van der Waals surface area (Å²) < 4.78 is 11.2. The van der Waals surface area contributed by atoms with E-state index >= 15 is 0 Å².